The van der Waals surface area contributed by atoms with Gasteiger partial charge in [0.1, 0.15) is 5.82 Å². The van der Waals surface area contributed by atoms with Crippen molar-refractivity contribution in [2.45, 2.75) is 6.92 Å². The van der Waals surface area contributed by atoms with E-state index in [0.29, 0.717) is 29.5 Å². The molecular formula is C13H15N3O3. The summed E-state index contributed by atoms with van der Waals surface area (Å²) < 4.78 is 10.6. The summed E-state index contributed by atoms with van der Waals surface area (Å²) in [7, 11) is 1.56. The van der Waals surface area contributed by atoms with Crippen molar-refractivity contribution in [3.63, 3.8) is 0 Å². The van der Waals surface area contributed by atoms with Crippen molar-refractivity contribution in [1.29, 1.82) is 0 Å². The zero-order valence-corrected chi connectivity index (χ0v) is 10.8. The van der Waals surface area contributed by atoms with Gasteiger partial charge in [0.05, 0.1) is 19.9 Å². The Kier molecular flexibility index (Phi) is 4.02. The zero-order chi connectivity index (χ0) is 13.7. The number of anilines is 1. The number of aromatic amines is 1. The number of ether oxygens (including phenoxy) is 2. The summed E-state index contributed by atoms with van der Waals surface area (Å²) in [6, 6.07) is 6.69. The maximum Gasteiger partial charge on any atom is 0.256 e. The molecule has 0 atom stereocenters. The fraction of sp³-hybridized carbons (Fsp3) is 0.231. The van der Waals surface area contributed by atoms with Crippen molar-refractivity contribution in [2.75, 3.05) is 19.0 Å². The van der Waals surface area contributed by atoms with Gasteiger partial charge in [-0.15, -0.1) is 0 Å². The average molecular weight is 261 g/mol. The van der Waals surface area contributed by atoms with Crippen LogP contribution < -0.4 is 14.8 Å². The van der Waals surface area contributed by atoms with E-state index in [1.54, 1.807) is 37.6 Å². The van der Waals surface area contributed by atoms with Gasteiger partial charge in [-0.25, -0.2) is 0 Å². The van der Waals surface area contributed by atoms with E-state index >= 15 is 0 Å². The number of carbonyl (C=O) groups is 1. The second-order valence-electron chi connectivity index (χ2n) is 3.72. The van der Waals surface area contributed by atoms with E-state index in [1.165, 1.54) is 0 Å². The fourth-order valence-electron chi connectivity index (χ4n) is 1.61. The number of H-pyrrole nitrogens is 1. The molecule has 0 fully saturated rings. The van der Waals surface area contributed by atoms with Crippen LogP contribution in [0, 0.1) is 0 Å². The Balaban J connectivity index is 2.19. The molecule has 2 aromatic rings. The van der Waals surface area contributed by atoms with Gasteiger partial charge in [0.25, 0.3) is 5.91 Å². The van der Waals surface area contributed by atoms with Crippen LogP contribution in [-0.4, -0.2) is 29.8 Å². The summed E-state index contributed by atoms with van der Waals surface area (Å²) in [4.78, 5) is 12.0. The molecule has 0 bridgehead atoms. The van der Waals surface area contributed by atoms with Crippen molar-refractivity contribution in [2.24, 2.45) is 0 Å². The van der Waals surface area contributed by atoms with Gasteiger partial charge in [-0.2, -0.15) is 5.10 Å². The van der Waals surface area contributed by atoms with Crippen molar-refractivity contribution < 1.29 is 14.3 Å². The van der Waals surface area contributed by atoms with Crippen molar-refractivity contribution >= 4 is 11.7 Å². The van der Waals surface area contributed by atoms with E-state index in [-0.39, 0.29) is 5.91 Å². The summed E-state index contributed by atoms with van der Waals surface area (Å²) >= 11 is 0. The fourth-order valence-corrected chi connectivity index (χ4v) is 1.61. The highest BCUT2D eigenvalue weighted by molar-refractivity contribution is 6.04. The van der Waals surface area contributed by atoms with Crippen molar-refractivity contribution in [3.8, 4) is 11.5 Å². The Bertz CT molecular complexity index is 552. The number of benzene rings is 1. The van der Waals surface area contributed by atoms with Crippen LogP contribution in [-0.2, 0) is 0 Å². The topological polar surface area (TPSA) is 76.2 Å². The van der Waals surface area contributed by atoms with Crippen LogP contribution >= 0.6 is 0 Å². The molecule has 0 saturated carbocycles. The Morgan fingerprint density at radius 2 is 2.21 bits per heavy atom. The summed E-state index contributed by atoms with van der Waals surface area (Å²) in [6.45, 7) is 2.37. The lowest BCUT2D eigenvalue weighted by Gasteiger charge is -2.10. The first-order chi connectivity index (χ1) is 9.24. The Labute approximate surface area is 110 Å². The number of nitrogens with zero attached hydrogens (tertiary/aromatic N) is 1. The normalized spacial score (nSPS) is 10.0. The van der Waals surface area contributed by atoms with E-state index in [2.05, 4.69) is 15.5 Å². The molecule has 100 valence electrons. The molecule has 0 saturated heterocycles. The van der Waals surface area contributed by atoms with E-state index in [1.807, 2.05) is 6.92 Å². The Morgan fingerprint density at radius 3 is 2.84 bits per heavy atom. The van der Waals surface area contributed by atoms with Crippen molar-refractivity contribution in [1.82, 2.24) is 10.2 Å². The van der Waals surface area contributed by atoms with Gasteiger partial charge in [-0.3, -0.25) is 9.89 Å². The van der Waals surface area contributed by atoms with Crippen LogP contribution in [0.3, 0.4) is 0 Å². The standard InChI is InChI=1S/C13H15N3O3/c1-3-19-11-8-9(4-5-10(11)18-2)13(17)15-12-6-7-14-16-12/h4-8H,3H2,1-2H3,(H2,14,15,16,17). The zero-order valence-electron chi connectivity index (χ0n) is 10.8. The maximum atomic E-state index is 12.0. The average Bonchev–Trinajstić information content (AvgIpc) is 2.92. The third kappa shape index (κ3) is 3.04. The predicted molar refractivity (Wildman–Crippen MR) is 70.7 cm³/mol. The van der Waals surface area contributed by atoms with Crippen LogP contribution in [0.25, 0.3) is 0 Å². The molecule has 0 spiro atoms. The molecule has 1 aromatic heterocycles. The quantitative estimate of drug-likeness (QED) is 0.863. The molecule has 1 aromatic carbocycles. The number of amides is 1. The van der Waals surface area contributed by atoms with Gasteiger partial charge in [-0.05, 0) is 25.1 Å². The third-order valence-electron chi connectivity index (χ3n) is 2.47. The predicted octanol–water partition coefficient (Wildman–Crippen LogP) is 2.07. The highest BCUT2D eigenvalue weighted by Gasteiger charge is 2.11. The number of methoxy groups -OCH3 is 1. The molecule has 2 N–H and O–H groups in total. The number of hydrogen-bond donors (Lipinski definition) is 2. The maximum absolute atomic E-state index is 12.0. The van der Waals surface area contributed by atoms with Crippen LogP contribution in [0.2, 0.25) is 0 Å². The first-order valence-corrected chi connectivity index (χ1v) is 5.86. The number of hydrogen-bond acceptors (Lipinski definition) is 4. The first-order valence-electron chi connectivity index (χ1n) is 5.86. The Morgan fingerprint density at radius 1 is 1.37 bits per heavy atom. The van der Waals surface area contributed by atoms with E-state index in [4.69, 9.17) is 9.47 Å². The molecule has 1 amide bonds. The minimum Gasteiger partial charge on any atom is -0.493 e. The third-order valence-corrected chi connectivity index (χ3v) is 2.47. The molecule has 6 nitrogen and oxygen atoms in total. The number of rotatable bonds is 5. The summed E-state index contributed by atoms with van der Waals surface area (Å²) in [5.41, 5.74) is 0.485. The highest BCUT2D eigenvalue weighted by atomic mass is 16.5. The monoisotopic (exact) mass is 261 g/mol. The van der Waals surface area contributed by atoms with Crippen LogP contribution in [0.15, 0.2) is 30.5 Å². The van der Waals surface area contributed by atoms with E-state index < -0.39 is 0 Å². The number of aromatic nitrogens is 2. The van der Waals surface area contributed by atoms with E-state index in [0.717, 1.165) is 0 Å². The van der Waals surface area contributed by atoms with Gasteiger partial charge >= 0.3 is 0 Å². The van der Waals surface area contributed by atoms with Crippen LogP contribution in [0.5, 0.6) is 11.5 Å². The van der Waals surface area contributed by atoms with Gasteiger partial charge in [0.2, 0.25) is 0 Å². The summed E-state index contributed by atoms with van der Waals surface area (Å²) in [6.07, 6.45) is 1.56. The second kappa shape index (κ2) is 5.90. The summed E-state index contributed by atoms with van der Waals surface area (Å²) in [5.74, 6) is 1.44. The lowest BCUT2D eigenvalue weighted by molar-refractivity contribution is 0.102. The molecule has 19 heavy (non-hydrogen) atoms. The van der Waals surface area contributed by atoms with Crippen molar-refractivity contribution in [3.05, 3.63) is 36.0 Å². The Hall–Kier alpha value is -2.50. The van der Waals surface area contributed by atoms with Gasteiger partial charge in [0.15, 0.2) is 11.5 Å². The van der Waals surface area contributed by atoms with Crippen LogP contribution in [0.4, 0.5) is 5.82 Å². The molecule has 0 aliphatic heterocycles. The molecule has 0 unspecified atom stereocenters. The first kappa shape index (κ1) is 12.9. The lowest BCUT2D eigenvalue weighted by atomic mass is 10.2. The van der Waals surface area contributed by atoms with Gasteiger partial charge in [-0.1, -0.05) is 0 Å². The minimum absolute atomic E-state index is 0.243. The van der Waals surface area contributed by atoms with E-state index in [9.17, 15) is 4.79 Å². The largest absolute Gasteiger partial charge is 0.493 e. The molecule has 0 aliphatic rings. The van der Waals surface area contributed by atoms with Gasteiger partial charge in [0, 0.05) is 11.6 Å². The molecule has 6 heteroatoms. The van der Waals surface area contributed by atoms with Gasteiger partial charge < -0.3 is 14.8 Å². The number of nitrogens with one attached hydrogen (secondary N) is 2. The molecular weight excluding hydrogens is 246 g/mol. The molecule has 2 rings (SSSR count). The molecule has 0 radical (unpaired) electrons. The lowest BCUT2D eigenvalue weighted by Crippen LogP contribution is -2.12. The molecule has 1 heterocycles. The smallest absolute Gasteiger partial charge is 0.256 e. The minimum atomic E-state index is -0.243. The number of carbonyl (C=O) groups excluding carboxylic acids is 1. The molecule has 0 aliphatic carbocycles. The summed E-state index contributed by atoms with van der Waals surface area (Å²) in [5, 5.41) is 9.11. The SMILES string of the molecule is CCOc1cc(C(=O)Nc2ccn[nH]2)ccc1OC. The highest BCUT2D eigenvalue weighted by Crippen LogP contribution is 2.28. The second-order valence-corrected chi connectivity index (χ2v) is 3.72. The van der Waals surface area contributed by atoms with Crippen LogP contribution in [0.1, 0.15) is 17.3 Å².